The summed E-state index contributed by atoms with van der Waals surface area (Å²) in [5, 5.41) is 0. The maximum Gasteiger partial charge on any atom is 0 e. The lowest BCUT2D eigenvalue weighted by Gasteiger charge is -2.17. The van der Waals surface area contributed by atoms with Crippen LogP contribution in [0.5, 0.6) is 0 Å². The fraction of sp³-hybridized carbons (Fsp3) is 0. The highest BCUT2D eigenvalue weighted by Crippen LogP contribution is 1.80. The molecular formula is B15. The highest BCUT2D eigenvalue weighted by Gasteiger charge is 2.18. The van der Waals surface area contributed by atoms with E-state index in [1.165, 1.54) is 28.2 Å². The quantitative estimate of drug-likeness (QED) is 0.281. The highest BCUT2D eigenvalue weighted by molar-refractivity contribution is 7.94. The van der Waals surface area contributed by atoms with E-state index in [0.29, 0.717) is 0 Å². The fourth-order valence-electron chi connectivity index (χ4n) is 1.15. The van der Waals surface area contributed by atoms with E-state index in [2.05, 4.69) is 0 Å². The van der Waals surface area contributed by atoms with Crippen LogP contribution in [0, 0.1) is 0 Å². The third kappa shape index (κ3) is 8.75. The summed E-state index contributed by atoms with van der Waals surface area (Å²) in [5.41, 5.74) is 0. The van der Waals surface area contributed by atoms with Gasteiger partial charge in [-0.15, -0.1) is 0 Å². The minimum Gasteiger partial charge on any atom is 0 e. The molecule has 0 atom stereocenters. The number of rotatable bonds is 10. The van der Waals surface area contributed by atoms with Crippen molar-refractivity contribution < 1.29 is 0 Å². The Morgan fingerprint density at radius 1 is 0.533 bits per heavy atom. The minimum absolute atomic E-state index is 0.0670. The molecule has 0 aromatic rings. The third-order valence-corrected chi connectivity index (χ3v) is 1.78. The third-order valence-electron chi connectivity index (χ3n) is 1.78. The molecule has 45 valence electrons. The van der Waals surface area contributed by atoms with Gasteiger partial charge in [0, 0.05) is 107 Å². The first-order chi connectivity index (χ1) is 7.28. The zero-order chi connectivity index (χ0) is 11.5. The lowest BCUT2D eigenvalue weighted by molar-refractivity contribution is 3.58. The van der Waals surface area contributed by atoms with Gasteiger partial charge in [0.25, 0.3) is 0 Å². The van der Waals surface area contributed by atoms with Crippen molar-refractivity contribution in [2.45, 2.75) is 0 Å². The van der Waals surface area contributed by atoms with Crippen LogP contribution in [0.25, 0.3) is 0 Å². The van der Waals surface area contributed by atoms with Crippen LogP contribution in [-0.4, -0.2) is 107 Å². The molecule has 0 saturated carbocycles. The van der Waals surface area contributed by atoms with Gasteiger partial charge in [-0.05, 0) is 0 Å². The molecular weight excluding hydrogens is 162 g/mol. The predicted octanol–water partition coefficient (Wildman–Crippen LogP) is -5.71. The van der Waals surface area contributed by atoms with Crippen molar-refractivity contribution in [1.82, 2.24) is 0 Å². The monoisotopic (exact) mass is 165 g/mol. The van der Waals surface area contributed by atoms with Gasteiger partial charge in [0.15, 0.2) is 0 Å². The summed E-state index contributed by atoms with van der Waals surface area (Å²) in [5.74, 6) is 0. The van der Waals surface area contributed by atoms with Crippen molar-refractivity contribution in [2.24, 2.45) is 0 Å². The Morgan fingerprint density at radius 2 is 0.800 bits per heavy atom. The van der Waals surface area contributed by atoms with Crippen molar-refractivity contribution in [2.75, 3.05) is 0 Å². The van der Waals surface area contributed by atoms with E-state index in [1.807, 2.05) is 35.3 Å². The first-order valence-corrected chi connectivity index (χ1v) is 4.67. The molecule has 0 aromatic carbocycles. The normalized spacial score (nSPS) is 7.73. The van der Waals surface area contributed by atoms with Crippen molar-refractivity contribution >= 4 is 107 Å². The summed E-state index contributed by atoms with van der Waals surface area (Å²) in [6, 6.07) is 0. The smallest absolute Gasteiger partial charge is 0 e. The molecule has 0 saturated heterocycles. The molecule has 0 spiro atoms. The Kier molecular flexibility index (Phi) is 12.2. The van der Waals surface area contributed by atoms with Crippen LogP contribution in [-0.2, 0) is 0 Å². The molecule has 0 aliphatic rings. The SMILES string of the molecule is [B][B][B]B([B][B][B])[B]B([B][B][B])[B][B][B]. The second kappa shape index (κ2) is 11.5. The van der Waals surface area contributed by atoms with Gasteiger partial charge in [0.05, 0.1) is 0 Å². The van der Waals surface area contributed by atoms with E-state index in [0.717, 1.165) is 0 Å². The Bertz CT molecular complexity index is 91.2. The summed E-state index contributed by atoms with van der Waals surface area (Å²) in [4.78, 5) is 0. The van der Waals surface area contributed by atoms with E-state index < -0.39 is 0 Å². The van der Waals surface area contributed by atoms with E-state index in [1.54, 1.807) is 0 Å². The lowest BCUT2D eigenvalue weighted by Crippen LogP contribution is -2.55. The molecule has 17 radical (unpaired) electrons. The van der Waals surface area contributed by atoms with Gasteiger partial charge >= 0.3 is 0 Å². The Hall–Kier alpha value is 0.974. The molecule has 0 N–H and O–H groups in total. The van der Waals surface area contributed by atoms with Gasteiger partial charge < -0.3 is 0 Å². The van der Waals surface area contributed by atoms with E-state index in [9.17, 15) is 0 Å². The molecule has 0 bridgehead atoms. The van der Waals surface area contributed by atoms with Crippen molar-refractivity contribution in [3.05, 3.63) is 0 Å². The predicted molar refractivity (Wildman–Crippen MR) is 86.3 cm³/mol. The Morgan fingerprint density at radius 3 is 1.00 bits per heavy atom. The van der Waals surface area contributed by atoms with E-state index >= 15 is 0 Å². The van der Waals surface area contributed by atoms with Gasteiger partial charge in [-0.3, -0.25) is 0 Å². The van der Waals surface area contributed by atoms with Crippen LogP contribution in [0.4, 0.5) is 0 Å². The van der Waals surface area contributed by atoms with E-state index in [-0.39, 0.29) is 12.8 Å². The minimum atomic E-state index is 0.0670. The maximum absolute atomic E-state index is 5.32. The van der Waals surface area contributed by atoms with Crippen LogP contribution >= 0.6 is 0 Å². The first-order valence-electron chi connectivity index (χ1n) is 4.67. The summed E-state index contributed by atoms with van der Waals surface area (Å²) in [6.07, 6.45) is 0.134. The van der Waals surface area contributed by atoms with Crippen LogP contribution in [0.3, 0.4) is 0 Å². The molecule has 0 rings (SSSR count). The fourth-order valence-corrected chi connectivity index (χ4v) is 1.15. The summed E-state index contributed by atoms with van der Waals surface area (Å²) >= 11 is 0. The van der Waals surface area contributed by atoms with Crippen molar-refractivity contribution in [1.29, 1.82) is 0 Å². The molecule has 0 aromatic heterocycles. The molecule has 0 fully saturated rings. The second-order valence-corrected chi connectivity index (χ2v) is 2.89. The molecule has 0 amide bonds. The zero-order valence-electron chi connectivity index (χ0n) is 8.66. The van der Waals surface area contributed by atoms with Gasteiger partial charge in [0.2, 0.25) is 0 Å². The lowest BCUT2D eigenvalue weighted by atomic mass is 8.64. The van der Waals surface area contributed by atoms with Gasteiger partial charge in [-0.1, -0.05) is 0 Å². The molecule has 0 aliphatic heterocycles. The molecule has 15 heteroatoms. The summed E-state index contributed by atoms with van der Waals surface area (Å²) < 4.78 is 0. The Labute approximate surface area is 107 Å². The number of hydrogen-bond acceptors (Lipinski definition) is 0. The van der Waals surface area contributed by atoms with Crippen LogP contribution in [0.1, 0.15) is 0 Å². The van der Waals surface area contributed by atoms with Gasteiger partial charge in [0.1, 0.15) is 0 Å². The zero-order valence-corrected chi connectivity index (χ0v) is 8.66. The molecule has 15 heavy (non-hydrogen) atoms. The van der Waals surface area contributed by atoms with Gasteiger partial charge in [-0.2, -0.15) is 0 Å². The van der Waals surface area contributed by atoms with Gasteiger partial charge in [-0.25, -0.2) is 0 Å². The van der Waals surface area contributed by atoms with Crippen LogP contribution in [0.15, 0.2) is 0 Å². The van der Waals surface area contributed by atoms with Crippen molar-refractivity contribution in [3.8, 4) is 0 Å². The Balaban J connectivity index is 3.93. The second-order valence-electron chi connectivity index (χ2n) is 2.89. The molecule has 0 nitrogen and oxygen atoms in total. The van der Waals surface area contributed by atoms with E-state index in [4.69, 9.17) is 30.9 Å². The highest BCUT2D eigenvalue weighted by atomic mass is 13.0. The average molecular weight is 162 g/mol. The summed E-state index contributed by atoms with van der Waals surface area (Å²) in [6.45, 7) is 0. The molecule has 0 aliphatic carbocycles. The van der Waals surface area contributed by atoms with Crippen LogP contribution in [0.2, 0.25) is 0 Å². The largest absolute Gasteiger partial charge is 0 e. The topological polar surface area (TPSA) is 0 Å². The standard InChI is InChI=1S/B15/c1-5-9-14(10-6-2)13-15(11-7-3)12-8-4. The number of hydrogen-bond donors (Lipinski definition) is 0. The molecule has 0 unspecified atom stereocenters. The first kappa shape index (κ1) is 16.0. The average Bonchev–Trinajstić information content (AvgIpc) is 2.19. The molecule has 0 heterocycles. The maximum atomic E-state index is 5.32. The summed E-state index contributed by atoms with van der Waals surface area (Å²) in [7, 11) is 36.5. The van der Waals surface area contributed by atoms with Crippen molar-refractivity contribution in [3.63, 3.8) is 0 Å². The van der Waals surface area contributed by atoms with Crippen LogP contribution < -0.4 is 0 Å².